The Hall–Kier alpha value is -1.85. The summed E-state index contributed by atoms with van der Waals surface area (Å²) in [5, 5.41) is 20.7. The van der Waals surface area contributed by atoms with E-state index >= 15 is 0 Å². The third-order valence-corrected chi connectivity index (χ3v) is 8.44. The van der Waals surface area contributed by atoms with Crippen molar-refractivity contribution in [3.8, 4) is 11.5 Å². The first-order valence-electron chi connectivity index (χ1n) is 12.3. The van der Waals surface area contributed by atoms with Crippen molar-refractivity contribution in [2.75, 3.05) is 14.2 Å². The maximum Gasteiger partial charge on any atom is 0.455 e. The number of rotatable bonds is 7. The van der Waals surface area contributed by atoms with Crippen molar-refractivity contribution in [2.45, 2.75) is 58.4 Å². The lowest BCUT2D eigenvalue weighted by molar-refractivity contribution is -0.138. The van der Waals surface area contributed by atoms with Gasteiger partial charge in [-0.2, -0.15) is 0 Å². The summed E-state index contributed by atoms with van der Waals surface area (Å²) >= 11 is 2.10. The van der Waals surface area contributed by atoms with Gasteiger partial charge in [0.25, 0.3) is 0 Å². The van der Waals surface area contributed by atoms with Crippen LogP contribution in [0.5, 0.6) is 11.5 Å². The zero-order valence-electron chi connectivity index (χ0n) is 20.7. The van der Waals surface area contributed by atoms with E-state index in [0.717, 1.165) is 39.5 Å². The number of fused-ring (bicyclic) bond motifs is 3. The lowest BCUT2D eigenvalue weighted by Crippen LogP contribution is -2.45. The van der Waals surface area contributed by atoms with E-state index in [4.69, 9.17) is 9.39 Å². The van der Waals surface area contributed by atoms with Gasteiger partial charge in [-0.05, 0) is 90.7 Å². The Morgan fingerprint density at radius 2 is 2.03 bits per heavy atom. The fourth-order valence-electron chi connectivity index (χ4n) is 6.05. The number of nitrogens with zero attached hydrogens (tertiary/aromatic N) is 1. The summed E-state index contributed by atoms with van der Waals surface area (Å²) in [7, 11) is 2.15. The van der Waals surface area contributed by atoms with Crippen LogP contribution in [0.15, 0.2) is 28.9 Å². The van der Waals surface area contributed by atoms with Gasteiger partial charge in [0.2, 0.25) is 11.8 Å². The van der Waals surface area contributed by atoms with E-state index in [1.54, 1.807) is 14.2 Å². The fraction of sp³-hybridized carbons (Fsp3) is 0.538. The minimum atomic E-state index is -0.948. The summed E-state index contributed by atoms with van der Waals surface area (Å²) < 4.78 is 12.1. The molecule has 1 aromatic carbocycles. The molecule has 2 aliphatic heterocycles. The van der Waals surface area contributed by atoms with Gasteiger partial charge in [0.1, 0.15) is 0 Å². The molecule has 0 aromatic heterocycles. The van der Waals surface area contributed by atoms with Crippen LogP contribution < -0.4 is 4.74 Å². The van der Waals surface area contributed by atoms with Crippen molar-refractivity contribution in [2.24, 2.45) is 17.8 Å². The number of ether oxygens (including phenoxy) is 1. The van der Waals surface area contributed by atoms with Gasteiger partial charge in [0.05, 0.1) is 28.6 Å². The largest absolute Gasteiger partial charge is 0.504 e. The number of imide groups is 1. The molecule has 2 N–H and O–H groups in total. The number of methoxy groups -OCH3 is 1. The van der Waals surface area contributed by atoms with Crippen molar-refractivity contribution < 1.29 is 29.1 Å². The zero-order valence-corrected chi connectivity index (χ0v) is 22.9. The number of phenolic OH excluding ortho intramolecular Hbond substituents is 1. The molecule has 1 aliphatic carbocycles. The molecule has 4 rings (SSSR count). The van der Waals surface area contributed by atoms with E-state index in [1.165, 1.54) is 10.5 Å². The second-order valence-corrected chi connectivity index (χ2v) is 11.0. The van der Waals surface area contributed by atoms with Crippen molar-refractivity contribution in [3.63, 3.8) is 0 Å². The predicted molar refractivity (Wildman–Crippen MR) is 143 cm³/mol. The molecule has 35 heavy (non-hydrogen) atoms. The maximum absolute atomic E-state index is 12.9. The molecule has 9 heteroatoms. The Labute approximate surface area is 220 Å². The summed E-state index contributed by atoms with van der Waals surface area (Å²) in [5.41, 5.74) is 4.42. The first-order chi connectivity index (χ1) is 16.7. The molecule has 2 amide bonds. The number of hydrogen-bond acceptors (Lipinski definition) is 6. The minimum Gasteiger partial charge on any atom is -0.504 e. The van der Waals surface area contributed by atoms with E-state index in [2.05, 4.69) is 35.6 Å². The van der Waals surface area contributed by atoms with Gasteiger partial charge in [-0.15, -0.1) is 0 Å². The molecule has 2 fully saturated rings. The van der Waals surface area contributed by atoms with Gasteiger partial charge in [-0.3, -0.25) is 14.5 Å². The summed E-state index contributed by atoms with van der Waals surface area (Å²) in [6.07, 6.45) is 6.14. The highest BCUT2D eigenvalue weighted by Gasteiger charge is 2.55. The molecular formula is C26H33BINO6. The van der Waals surface area contributed by atoms with Gasteiger partial charge >= 0.3 is 7.12 Å². The summed E-state index contributed by atoms with van der Waals surface area (Å²) in [6.45, 7) is 4.18. The molecule has 0 radical (unpaired) electrons. The minimum absolute atomic E-state index is 0.108. The second-order valence-electron chi connectivity index (χ2n) is 9.87. The quantitative estimate of drug-likeness (QED) is 0.211. The highest BCUT2D eigenvalue weighted by atomic mass is 127. The van der Waals surface area contributed by atoms with E-state index in [0.29, 0.717) is 24.9 Å². The average Bonchev–Trinajstić information content (AvgIpc) is 3.03. The SMILES string of the molecule is CCC/C(=C\c1cc(I)c(O)c(OC)c1)CC[C@H]1OB(O)C[C@H]2C1=C(C)C[C@H]1C(=O)N(C)C(=O)[C@H]12. The third-order valence-electron chi connectivity index (χ3n) is 7.61. The number of carbonyl (C=O) groups excluding carboxylic acids is 2. The number of amides is 2. The molecule has 2 saturated heterocycles. The Morgan fingerprint density at radius 1 is 1.29 bits per heavy atom. The van der Waals surface area contributed by atoms with Crippen LogP contribution in [0.1, 0.15) is 51.5 Å². The van der Waals surface area contributed by atoms with E-state index in [-0.39, 0.29) is 35.5 Å². The lowest BCUT2D eigenvalue weighted by Gasteiger charge is -2.42. The number of allylic oxidation sites excluding steroid dienone is 2. The predicted octanol–water partition coefficient (Wildman–Crippen LogP) is 4.42. The molecule has 7 nitrogen and oxygen atoms in total. The number of likely N-dealkylation sites (tertiary alicyclic amines) is 1. The third kappa shape index (κ3) is 5.04. The molecule has 0 spiro atoms. The Balaban J connectivity index is 1.58. The summed E-state index contributed by atoms with van der Waals surface area (Å²) in [6, 6.07) is 3.76. The maximum atomic E-state index is 12.9. The van der Waals surface area contributed by atoms with E-state index in [1.807, 2.05) is 19.1 Å². The highest BCUT2D eigenvalue weighted by molar-refractivity contribution is 14.1. The number of aromatic hydroxyl groups is 1. The van der Waals surface area contributed by atoms with Crippen LogP contribution in [0.2, 0.25) is 6.32 Å². The van der Waals surface area contributed by atoms with Gasteiger partial charge in [-0.1, -0.05) is 30.6 Å². The molecule has 0 saturated carbocycles. The van der Waals surface area contributed by atoms with Crippen LogP contribution in [0.4, 0.5) is 0 Å². The number of halogens is 1. The van der Waals surface area contributed by atoms with Gasteiger partial charge in [0, 0.05) is 7.05 Å². The van der Waals surface area contributed by atoms with Gasteiger partial charge in [-0.25, -0.2) is 0 Å². The second kappa shape index (κ2) is 10.6. The molecule has 4 atom stereocenters. The first-order valence-corrected chi connectivity index (χ1v) is 13.3. The Morgan fingerprint density at radius 3 is 2.71 bits per heavy atom. The molecular weight excluding hydrogens is 560 g/mol. The van der Waals surface area contributed by atoms with Crippen LogP contribution in [0, 0.1) is 21.3 Å². The number of carbonyl (C=O) groups is 2. The van der Waals surface area contributed by atoms with Crippen LogP contribution in [0.3, 0.4) is 0 Å². The zero-order chi connectivity index (χ0) is 25.4. The molecule has 3 aliphatic rings. The average molecular weight is 593 g/mol. The monoisotopic (exact) mass is 593 g/mol. The highest BCUT2D eigenvalue weighted by Crippen LogP contribution is 2.50. The Kier molecular flexibility index (Phi) is 7.97. The van der Waals surface area contributed by atoms with Crippen molar-refractivity contribution in [1.29, 1.82) is 0 Å². The Bertz CT molecular complexity index is 1090. The van der Waals surface area contributed by atoms with Crippen LogP contribution >= 0.6 is 22.6 Å². The van der Waals surface area contributed by atoms with Crippen molar-refractivity contribution in [3.05, 3.63) is 38.0 Å². The van der Waals surface area contributed by atoms with Crippen LogP contribution in [-0.4, -0.2) is 54.2 Å². The van der Waals surface area contributed by atoms with E-state index in [9.17, 15) is 19.7 Å². The normalized spacial score (nSPS) is 26.9. The first kappa shape index (κ1) is 26.2. The number of phenols is 1. The topological polar surface area (TPSA) is 96.3 Å². The van der Waals surface area contributed by atoms with Crippen LogP contribution in [-0.2, 0) is 14.2 Å². The fourth-order valence-corrected chi connectivity index (χ4v) is 6.68. The molecule has 1 aromatic rings. The molecule has 2 heterocycles. The number of benzene rings is 1. The van der Waals surface area contributed by atoms with E-state index < -0.39 is 13.0 Å². The van der Waals surface area contributed by atoms with Gasteiger partial charge in [0.15, 0.2) is 11.5 Å². The van der Waals surface area contributed by atoms with Crippen molar-refractivity contribution >= 4 is 47.6 Å². The summed E-state index contributed by atoms with van der Waals surface area (Å²) in [5.74, 6) is -0.543. The lowest BCUT2D eigenvalue weighted by atomic mass is 9.58. The molecule has 0 bridgehead atoms. The summed E-state index contributed by atoms with van der Waals surface area (Å²) in [4.78, 5) is 26.8. The van der Waals surface area contributed by atoms with Crippen molar-refractivity contribution in [1.82, 2.24) is 4.90 Å². The molecule has 0 unspecified atom stereocenters. The van der Waals surface area contributed by atoms with Gasteiger partial charge < -0.3 is 19.5 Å². The smallest absolute Gasteiger partial charge is 0.455 e. The van der Waals surface area contributed by atoms with Crippen LogP contribution in [0.25, 0.3) is 6.08 Å². The standard InChI is InChI=1S/C26H33BINO6/c1-5-6-15(10-16-11-19(28)24(30)21(12-16)34-4)7-8-20-22-14(2)9-17-23(18(22)13-27(33)35-20)26(32)29(3)25(17)31/h10-12,17-18,20,23,30,33H,5-9,13H2,1-4H3/b15-10+/t17-,18+,20-,23-/m1/s1. The number of hydrogen-bond donors (Lipinski definition) is 2. The molecule has 188 valence electrons.